The number of nitrogens with one attached hydrogen (secondary N) is 1. The second-order valence-corrected chi connectivity index (χ2v) is 8.33. The number of nitrogens with zero attached hydrogens (tertiary/aromatic N) is 3. The summed E-state index contributed by atoms with van der Waals surface area (Å²) in [7, 11) is 1.58. The molecule has 0 spiro atoms. The van der Waals surface area contributed by atoms with E-state index in [1.807, 2.05) is 39.0 Å². The molecule has 0 fully saturated rings. The van der Waals surface area contributed by atoms with Crippen molar-refractivity contribution in [2.24, 2.45) is 0 Å². The van der Waals surface area contributed by atoms with Gasteiger partial charge in [-0.2, -0.15) is 0 Å². The third-order valence-corrected chi connectivity index (χ3v) is 4.77. The molecule has 1 heterocycles. The fourth-order valence-corrected chi connectivity index (χ4v) is 3.43. The first-order valence-electron chi connectivity index (χ1n) is 9.42. The lowest BCUT2D eigenvalue weighted by atomic mass is 10.0. The zero-order chi connectivity index (χ0) is 21.7. The Morgan fingerprint density at radius 2 is 1.73 bits per heavy atom. The minimum atomic E-state index is -0.910. The highest BCUT2D eigenvalue weighted by Crippen LogP contribution is 2.31. The van der Waals surface area contributed by atoms with E-state index >= 15 is 0 Å². The summed E-state index contributed by atoms with van der Waals surface area (Å²) >= 11 is 1.09. The van der Waals surface area contributed by atoms with E-state index in [9.17, 15) is 9.59 Å². The molecule has 0 unspecified atom stereocenters. The van der Waals surface area contributed by atoms with Gasteiger partial charge < -0.3 is 10.1 Å². The van der Waals surface area contributed by atoms with Crippen LogP contribution in [0.5, 0.6) is 5.75 Å². The second kappa shape index (κ2) is 9.04. The van der Waals surface area contributed by atoms with Crippen LogP contribution < -0.4 is 15.0 Å². The van der Waals surface area contributed by atoms with Gasteiger partial charge in [0.05, 0.1) is 7.11 Å². The Balaban J connectivity index is 2.14. The van der Waals surface area contributed by atoms with Crippen LogP contribution in [-0.4, -0.2) is 34.1 Å². The van der Waals surface area contributed by atoms with Gasteiger partial charge in [0.25, 0.3) is 5.91 Å². The van der Waals surface area contributed by atoms with E-state index in [1.165, 1.54) is 4.90 Å². The van der Waals surface area contributed by atoms with E-state index in [4.69, 9.17) is 4.74 Å². The number of hydrogen-bond donors (Lipinski definition) is 1. The number of rotatable bonds is 6. The second-order valence-electron chi connectivity index (χ2n) is 7.72. The summed E-state index contributed by atoms with van der Waals surface area (Å²) in [4.78, 5) is 28.3. The molecule has 0 bridgehead atoms. The monoisotopic (exact) mass is 424 g/mol. The van der Waals surface area contributed by atoms with Gasteiger partial charge in [0.1, 0.15) is 11.8 Å². The number of hydrogen-bond acceptors (Lipinski definition) is 6. The van der Waals surface area contributed by atoms with Crippen molar-refractivity contribution in [2.45, 2.75) is 32.4 Å². The molecule has 2 aromatic carbocycles. The summed E-state index contributed by atoms with van der Waals surface area (Å²) in [5.74, 6) is -0.0390. The molecule has 0 aliphatic heterocycles. The van der Waals surface area contributed by atoms with Crippen LogP contribution in [0.4, 0.5) is 5.69 Å². The zero-order valence-corrected chi connectivity index (χ0v) is 18.1. The number of methoxy groups -OCH3 is 1. The number of anilines is 1. The molecule has 3 rings (SSSR count). The van der Waals surface area contributed by atoms with Crippen molar-refractivity contribution in [3.05, 3.63) is 71.2 Å². The topological polar surface area (TPSA) is 84.4 Å². The molecule has 0 radical (unpaired) electrons. The Morgan fingerprint density at radius 1 is 1.07 bits per heavy atom. The number of benzene rings is 2. The lowest BCUT2D eigenvalue weighted by Gasteiger charge is -2.33. The smallest absolute Gasteiger partial charge is 0.280 e. The molecule has 0 aliphatic rings. The van der Waals surface area contributed by atoms with E-state index in [2.05, 4.69) is 14.9 Å². The van der Waals surface area contributed by atoms with Gasteiger partial charge in [-0.25, -0.2) is 0 Å². The molecule has 0 aliphatic carbocycles. The van der Waals surface area contributed by atoms with Crippen LogP contribution in [0.25, 0.3) is 0 Å². The summed E-state index contributed by atoms with van der Waals surface area (Å²) in [6.07, 6.45) is 0. The van der Waals surface area contributed by atoms with E-state index in [0.717, 1.165) is 11.5 Å². The molecule has 3 aromatic rings. The summed E-state index contributed by atoms with van der Waals surface area (Å²) in [5.41, 5.74) is 0.944. The van der Waals surface area contributed by atoms with Gasteiger partial charge in [-0.3, -0.25) is 14.5 Å². The summed E-state index contributed by atoms with van der Waals surface area (Å²) in [5, 5.41) is 8.50. The van der Waals surface area contributed by atoms with Gasteiger partial charge in [-0.1, -0.05) is 34.8 Å². The Labute approximate surface area is 179 Å². The first-order chi connectivity index (χ1) is 14.3. The highest BCUT2D eigenvalue weighted by atomic mass is 32.1. The summed E-state index contributed by atoms with van der Waals surface area (Å²) in [6, 6.07) is 15.3. The van der Waals surface area contributed by atoms with Crippen LogP contribution in [0, 0.1) is 0 Å². The van der Waals surface area contributed by atoms with E-state index < -0.39 is 17.5 Å². The Bertz CT molecular complexity index is 983. The van der Waals surface area contributed by atoms with Gasteiger partial charge in [-0.15, -0.1) is 5.10 Å². The predicted molar refractivity (Wildman–Crippen MR) is 117 cm³/mol. The molecule has 0 saturated carbocycles. The van der Waals surface area contributed by atoms with Crippen LogP contribution in [0.2, 0.25) is 0 Å². The first kappa shape index (κ1) is 21.4. The van der Waals surface area contributed by atoms with Crippen molar-refractivity contribution in [3.63, 3.8) is 0 Å². The van der Waals surface area contributed by atoms with Crippen LogP contribution in [0.1, 0.15) is 42.9 Å². The SMILES string of the molecule is COc1ccc([C@H](C(=O)NC(C)(C)C)N(C(=O)c2csnn2)c2ccccc2)cc1. The molecule has 30 heavy (non-hydrogen) atoms. The lowest BCUT2D eigenvalue weighted by Crippen LogP contribution is -2.49. The third-order valence-electron chi connectivity index (χ3n) is 4.27. The largest absolute Gasteiger partial charge is 0.497 e. The molecule has 8 heteroatoms. The molecule has 2 amide bonds. The lowest BCUT2D eigenvalue weighted by molar-refractivity contribution is -0.123. The molecule has 156 valence electrons. The van der Waals surface area contributed by atoms with Crippen molar-refractivity contribution < 1.29 is 14.3 Å². The first-order valence-corrected chi connectivity index (χ1v) is 10.3. The normalized spacial score (nSPS) is 12.1. The van der Waals surface area contributed by atoms with Crippen molar-refractivity contribution in [3.8, 4) is 5.75 Å². The Hall–Kier alpha value is -3.26. The van der Waals surface area contributed by atoms with E-state index in [0.29, 0.717) is 17.0 Å². The number of ether oxygens (including phenoxy) is 1. The Morgan fingerprint density at radius 3 is 2.27 bits per heavy atom. The maximum atomic E-state index is 13.4. The van der Waals surface area contributed by atoms with Crippen LogP contribution in [0.3, 0.4) is 0 Å². The molecule has 1 N–H and O–H groups in total. The number of carbonyl (C=O) groups excluding carboxylic acids is 2. The number of amides is 2. The Kier molecular flexibility index (Phi) is 6.47. The van der Waals surface area contributed by atoms with Gasteiger partial charge >= 0.3 is 0 Å². The zero-order valence-electron chi connectivity index (χ0n) is 17.3. The predicted octanol–water partition coefficient (Wildman–Crippen LogP) is 3.85. The highest BCUT2D eigenvalue weighted by Gasteiger charge is 2.35. The quantitative estimate of drug-likeness (QED) is 0.650. The molecular formula is C22H24N4O3S. The van der Waals surface area contributed by atoms with Gasteiger partial charge in [0, 0.05) is 16.6 Å². The van der Waals surface area contributed by atoms with Gasteiger partial charge in [-0.05, 0) is 62.1 Å². The van der Waals surface area contributed by atoms with Gasteiger partial charge in [0.2, 0.25) is 5.91 Å². The average Bonchev–Trinajstić information content (AvgIpc) is 3.26. The van der Waals surface area contributed by atoms with Crippen LogP contribution in [0.15, 0.2) is 60.0 Å². The standard InChI is InChI=1S/C22H24N4O3S/c1-22(2,3)23-20(27)19(15-10-12-17(29-4)13-11-15)26(16-8-6-5-7-9-16)21(28)18-14-30-25-24-18/h5-14,19H,1-4H3,(H,23,27)/t19-/m1/s1. The maximum absolute atomic E-state index is 13.4. The molecule has 1 atom stereocenters. The fraction of sp³-hybridized carbons (Fsp3) is 0.273. The number of carbonyl (C=O) groups is 2. The molecule has 7 nitrogen and oxygen atoms in total. The fourth-order valence-electron chi connectivity index (χ4n) is 3.00. The van der Waals surface area contributed by atoms with E-state index in [-0.39, 0.29) is 11.6 Å². The maximum Gasteiger partial charge on any atom is 0.280 e. The van der Waals surface area contributed by atoms with Crippen molar-refractivity contribution in [1.82, 2.24) is 14.9 Å². The minimum absolute atomic E-state index is 0.186. The summed E-state index contributed by atoms with van der Waals surface area (Å²) < 4.78 is 9.05. The van der Waals surface area contributed by atoms with E-state index in [1.54, 1.807) is 48.9 Å². The minimum Gasteiger partial charge on any atom is -0.497 e. The van der Waals surface area contributed by atoms with Crippen LogP contribution >= 0.6 is 11.5 Å². The van der Waals surface area contributed by atoms with Crippen molar-refractivity contribution >= 4 is 29.0 Å². The molecule has 0 saturated heterocycles. The van der Waals surface area contributed by atoms with Crippen molar-refractivity contribution in [2.75, 3.05) is 12.0 Å². The van der Waals surface area contributed by atoms with Crippen molar-refractivity contribution in [1.29, 1.82) is 0 Å². The number of para-hydroxylation sites is 1. The van der Waals surface area contributed by atoms with Gasteiger partial charge in [0.15, 0.2) is 5.69 Å². The van der Waals surface area contributed by atoms with Crippen LogP contribution in [-0.2, 0) is 4.79 Å². The number of aromatic nitrogens is 2. The molecule has 1 aromatic heterocycles. The molecular weight excluding hydrogens is 400 g/mol. The third kappa shape index (κ3) is 5.01. The highest BCUT2D eigenvalue weighted by molar-refractivity contribution is 7.03. The average molecular weight is 425 g/mol. The summed E-state index contributed by atoms with van der Waals surface area (Å²) in [6.45, 7) is 5.69.